The van der Waals surface area contributed by atoms with E-state index in [4.69, 9.17) is 20.9 Å². The molecule has 2 rings (SSSR count). The molecule has 0 saturated carbocycles. The molecule has 0 aliphatic rings. The van der Waals surface area contributed by atoms with Crippen LogP contribution >= 0.6 is 0 Å². The third kappa shape index (κ3) is 6.48. The smallest absolute Gasteiger partial charge is 0.269 e. The molecular formula is C18H26N4O4. The van der Waals surface area contributed by atoms with Crippen LogP contribution < -0.4 is 21.1 Å². The molecule has 26 heavy (non-hydrogen) atoms. The van der Waals surface area contributed by atoms with Gasteiger partial charge < -0.3 is 25.8 Å². The summed E-state index contributed by atoms with van der Waals surface area (Å²) in [6.45, 7) is 4.61. The van der Waals surface area contributed by atoms with Crippen LogP contribution in [0.3, 0.4) is 0 Å². The zero-order valence-electron chi connectivity index (χ0n) is 15.3. The molecule has 0 amide bonds. The summed E-state index contributed by atoms with van der Waals surface area (Å²) in [5.74, 6) is 0.716. The lowest BCUT2D eigenvalue weighted by atomic mass is 10.2. The van der Waals surface area contributed by atoms with Gasteiger partial charge in [0.25, 0.3) is 5.69 Å². The number of nitro groups is 1. The monoisotopic (exact) mass is 362 g/mol. The Balaban J connectivity index is 0.000000289. The molecule has 4 N–H and O–H groups in total. The summed E-state index contributed by atoms with van der Waals surface area (Å²) in [5, 5.41) is 10.1. The van der Waals surface area contributed by atoms with E-state index in [2.05, 4.69) is 11.8 Å². The van der Waals surface area contributed by atoms with Crippen molar-refractivity contribution in [2.75, 3.05) is 50.3 Å². The van der Waals surface area contributed by atoms with Crippen LogP contribution in [0.1, 0.15) is 6.92 Å². The number of rotatable bonds is 7. The van der Waals surface area contributed by atoms with Gasteiger partial charge in [0, 0.05) is 49.8 Å². The molecule has 0 aliphatic carbocycles. The fourth-order valence-corrected chi connectivity index (χ4v) is 2.16. The van der Waals surface area contributed by atoms with E-state index in [1.807, 2.05) is 18.2 Å². The van der Waals surface area contributed by atoms with E-state index in [0.717, 1.165) is 18.8 Å². The quantitative estimate of drug-likeness (QED) is 0.442. The maximum atomic E-state index is 10.1. The first kappa shape index (κ1) is 21.0. The fraction of sp³-hybridized carbons (Fsp3) is 0.333. The van der Waals surface area contributed by atoms with Gasteiger partial charge in [0.1, 0.15) is 5.75 Å². The zero-order chi connectivity index (χ0) is 19.5. The van der Waals surface area contributed by atoms with Crippen molar-refractivity contribution in [3.63, 3.8) is 0 Å². The molecule has 2 aromatic rings. The molecule has 0 saturated heterocycles. The van der Waals surface area contributed by atoms with Crippen LogP contribution in [-0.2, 0) is 4.74 Å². The first-order chi connectivity index (χ1) is 12.4. The third-order valence-corrected chi connectivity index (χ3v) is 3.63. The Hall–Kier alpha value is -3.00. The van der Waals surface area contributed by atoms with E-state index >= 15 is 0 Å². The highest BCUT2D eigenvalue weighted by atomic mass is 16.6. The fourth-order valence-electron chi connectivity index (χ4n) is 2.16. The minimum atomic E-state index is -0.459. The Morgan fingerprint density at radius 3 is 2.27 bits per heavy atom. The number of anilines is 3. The Morgan fingerprint density at radius 1 is 1.12 bits per heavy atom. The molecule has 0 radical (unpaired) electrons. The maximum absolute atomic E-state index is 10.1. The Morgan fingerprint density at radius 2 is 1.77 bits per heavy atom. The highest BCUT2D eigenvalue weighted by Gasteiger charge is 2.07. The Labute approximate surface area is 153 Å². The lowest BCUT2D eigenvalue weighted by molar-refractivity contribution is -0.384. The molecule has 0 aromatic heterocycles. The highest BCUT2D eigenvalue weighted by molar-refractivity contribution is 5.62. The van der Waals surface area contributed by atoms with Gasteiger partial charge in [-0.2, -0.15) is 0 Å². The van der Waals surface area contributed by atoms with Crippen molar-refractivity contribution in [3.05, 3.63) is 52.6 Å². The number of nitrogens with two attached hydrogens (primary N) is 2. The minimum Gasteiger partial charge on any atom is -0.495 e. The van der Waals surface area contributed by atoms with Crippen LogP contribution in [-0.4, -0.2) is 38.8 Å². The summed E-state index contributed by atoms with van der Waals surface area (Å²) in [6, 6.07) is 11.6. The molecule has 0 aliphatic heterocycles. The topological polar surface area (TPSA) is 117 Å². The number of hydrogen-bond acceptors (Lipinski definition) is 7. The molecule has 0 unspecified atom stereocenters. The number of non-ortho nitro benzene ring substituents is 1. The second kappa shape index (κ2) is 10.8. The summed E-state index contributed by atoms with van der Waals surface area (Å²) in [6.07, 6.45) is 0. The number of likely N-dealkylation sites (N-methyl/N-ethyl adjacent to an activating group) is 1. The minimum absolute atomic E-state index is 0.0641. The predicted molar refractivity (Wildman–Crippen MR) is 105 cm³/mol. The molecule has 0 heterocycles. The average molecular weight is 362 g/mol. The first-order valence-corrected chi connectivity index (χ1v) is 8.10. The molecule has 0 fully saturated rings. The molecule has 2 aromatic carbocycles. The SMILES string of the molecule is CCN(CCOC)c1ccc(N)c(OC)c1.Nc1ccc([N+](=O)[O-])cc1. The number of nitrogen functional groups attached to an aromatic ring is 2. The lowest BCUT2D eigenvalue weighted by Gasteiger charge is -2.23. The number of ether oxygens (including phenoxy) is 2. The summed E-state index contributed by atoms with van der Waals surface area (Å²) in [4.78, 5) is 11.8. The van der Waals surface area contributed by atoms with Crippen LogP contribution in [0.2, 0.25) is 0 Å². The Bertz CT molecular complexity index is 692. The third-order valence-electron chi connectivity index (χ3n) is 3.63. The van der Waals surface area contributed by atoms with E-state index < -0.39 is 4.92 Å². The number of nitro benzene ring substituents is 1. The van der Waals surface area contributed by atoms with Crippen molar-refractivity contribution in [2.24, 2.45) is 0 Å². The number of hydrogen-bond donors (Lipinski definition) is 2. The van der Waals surface area contributed by atoms with Crippen molar-refractivity contribution in [2.45, 2.75) is 6.92 Å². The summed E-state index contributed by atoms with van der Waals surface area (Å²) in [7, 11) is 3.33. The molecule has 0 bridgehead atoms. The normalized spacial score (nSPS) is 9.81. The summed E-state index contributed by atoms with van der Waals surface area (Å²) < 4.78 is 10.3. The first-order valence-electron chi connectivity index (χ1n) is 8.10. The number of nitrogens with zero attached hydrogens (tertiary/aromatic N) is 2. The van der Waals surface area contributed by atoms with Crippen LogP contribution in [0, 0.1) is 10.1 Å². The average Bonchev–Trinajstić information content (AvgIpc) is 2.64. The van der Waals surface area contributed by atoms with Gasteiger partial charge in [0.2, 0.25) is 0 Å². The maximum Gasteiger partial charge on any atom is 0.269 e. The van der Waals surface area contributed by atoms with Crippen LogP contribution in [0.15, 0.2) is 42.5 Å². The summed E-state index contributed by atoms with van der Waals surface area (Å²) >= 11 is 0. The molecule has 8 nitrogen and oxygen atoms in total. The zero-order valence-corrected chi connectivity index (χ0v) is 15.3. The van der Waals surface area contributed by atoms with Crippen molar-refractivity contribution in [1.29, 1.82) is 0 Å². The van der Waals surface area contributed by atoms with Crippen molar-refractivity contribution in [1.82, 2.24) is 0 Å². The Kier molecular flexibility index (Phi) is 8.72. The van der Waals surface area contributed by atoms with Gasteiger partial charge in [0.15, 0.2) is 0 Å². The van der Waals surface area contributed by atoms with E-state index in [0.29, 0.717) is 23.7 Å². The van der Waals surface area contributed by atoms with Crippen molar-refractivity contribution >= 4 is 22.7 Å². The van der Waals surface area contributed by atoms with E-state index in [1.54, 1.807) is 14.2 Å². The van der Waals surface area contributed by atoms with Crippen molar-refractivity contribution < 1.29 is 14.4 Å². The second-order valence-corrected chi connectivity index (χ2v) is 5.35. The van der Waals surface area contributed by atoms with Crippen LogP contribution in [0.25, 0.3) is 0 Å². The molecule has 142 valence electrons. The molecular weight excluding hydrogens is 336 g/mol. The molecule has 8 heteroatoms. The number of methoxy groups -OCH3 is 2. The van der Waals surface area contributed by atoms with E-state index in [1.165, 1.54) is 24.3 Å². The summed E-state index contributed by atoms with van der Waals surface area (Å²) in [5.41, 5.74) is 13.4. The lowest BCUT2D eigenvalue weighted by Crippen LogP contribution is -2.26. The van der Waals surface area contributed by atoms with Gasteiger partial charge in [-0.25, -0.2) is 0 Å². The van der Waals surface area contributed by atoms with Gasteiger partial charge in [-0.05, 0) is 31.2 Å². The van der Waals surface area contributed by atoms with Gasteiger partial charge in [0.05, 0.1) is 24.3 Å². The largest absolute Gasteiger partial charge is 0.495 e. The van der Waals surface area contributed by atoms with Gasteiger partial charge in [-0.1, -0.05) is 0 Å². The van der Waals surface area contributed by atoms with E-state index in [9.17, 15) is 10.1 Å². The molecule has 0 spiro atoms. The second-order valence-electron chi connectivity index (χ2n) is 5.35. The van der Waals surface area contributed by atoms with Crippen LogP contribution in [0.5, 0.6) is 5.75 Å². The van der Waals surface area contributed by atoms with Gasteiger partial charge in [-0.15, -0.1) is 0 Å². The molecule has 0 atom stereocenters. The number of benzene rings is 2. The van der Waals surface area contributed by atoms with Gasteiger partial charge in [-0.3, -0.25) is 10.1 Å². The highest BCUT2D eigenvalue weighted by Crippen LogP contribution is 2.27. The predicted octanol–water partition coefficient (Wildman–Crippen LogP) is 2.93. The standard InChI is InChI=1S/C12H20N2O2.C6H6N2O2/c1-4-14(7-8-15-2)10-5-6-11(13)12(9-10)16-3;7-5-1-3-6(4-2-5)8(9)10/h5-6,9H,4,7-8,13H2,1-3H3;1-4H,7H2. The van der Waals surface area contributed by atoms with Gasteiger partial charge >= 0.3 is 0 Å². The van der Waals surface area contributed by atoms with Crippen molar-refractivity contribution in [3.8, 4) is 5.75 Å². The van der Waals surface area contributed by atoms with Crippen LogP contribution in [0.4, 0.5) is 22.7 Å². The van der Waals surface area contributed by atoms with E-state index in [-0.39, 0.29) is 5.69 Å².